The van der Waals surface area contributed by atoms with Crippen LogP contribution in [0.2, 0.25) is 0 Å². The quantitative estimate of drug-likeness (QED) is 0.806. The Hall–Kier alpha value is -2.76. The lowest BCUT2D eigenvalue weighted by Gasteiger charge is -2.30. The SMILES string of the molecule is CC(=O)N1CC[C@H](c2ncc3c(n2)CCN(C(=O)[C@@H](C)c2ccc(C)cc2)C3)C1. The number of carbonyl (C=O) groups excluding carboxylic acids is 2. The minimum atomic E-state index is -0.159. The molecule has 0 bridgehead atoms. The monoisotopic (exact) mass is 392 g/mol. The van der Waals surface area contributed by atoms with Crippen molar-refractivity contribution in [3.8, 4) is 0 Å². The zero-order chi connectivity index (χ0) is 20.5. The number of aromatic nitrogens is 2. The zero-order valence-electron chi connectivity index (χ0n) is 17.4. The molecule has 6 heteroatoms. The average Bonchev–Trinajstić information content (AvgIpc) is 3.23. The topological polar surface area (TPSA) is 66.4 Å². The number of aryl methyl sites for hydroxylation is 1. The Bertz CT molecular complexity index is 925. The molecule has 0 radical (unpaired) electrons. The Morgan fingerprint density at radius 2 is 1.90 bits per heavy atom. The van der Waals surface area contributed by atoms with E-state index in [1.807, 2.05) is 35.1 Å². The third-order valence-electron chi connectivity index (χ3n) is 6.21. The predicted molar refractivity (Wildman–Crippen MR) is 110 cm³/mol. The molecule has 1 fully saturated rings. The van der Waals surface area contributed by atoms with Crippen molar-refractivity contribution < 1.29 is 9.59 Å². The van der Waals surface area contributed by atoms with Crippen LogP contribution in [0.5, 0.6) is 0 Å². The summed E-state index contributed by atoms with van der Waals surface area (Å²) in [4.78, 5) is 37.8. The van der Waals surface area contributed by atoms with Gasteiger partial charge in [0.05, 0.1) is 11.6 Å². The van der Waals surface area contributed by atoms with Gasteiger partial charge < -0.3 is 9.80 Å². The van der Waals surface area contributed by atoms with Gasteiger partial charge in [0.15, 0.2) is 0 Å². The van der Waals surface area contributed by atoms with E-state index in [4.69, 9.17) is 4.98 Å². The minimum Gasteiger partial charge on any atom is -0.342 e. The van der Waals surface area contributed by atoms with Gasteiger partial charge in [0.2, 0.25) is 11.8 Å². The van der Waals surface area contributed by atoms with Gasteiger partial charge >= 0.3 is 0 Å². The molecule has 3 heterocycles. The lowest BCUT2D eigenvalue weighted by atomic mass is 9.97. The minimum absolute atomic E-state index is 0.113. The van der Waals surface area contributed by atoms with E-state index in [0.29, 0.717) is 19.6 Å². The molecule has 0 aliphatic carbocycles. The molecule has 152 valence electrons. The van der Waals surface area contributed by atoms with Crippen molar-refractivity contribution >= 4 is 11.8 Å². The third kappa shape index (κ3) is 4.02. The van der Waals surface area contributed by atoms with Crippen LogP contribution in [0.25, 0.3) is 0 Å². The molecule has 2 aliphatic rings. The smallest absolute Gasteiger partial charge is 0.230 e. The number of fused-ring (bicyclic) bond motifs is 1. The summed E-state index contributed by atoms with van der Waals surface area (Å²) in [5.41, 5.74) is 4.32. The number of hydrogen-bond acceptors (Lipinski definition) is 4. The molecule has 6 nitrogen and oxygen atoms in total. The standard InChI is InChI=1S/C23H28N4O2/c1-15-4-6-18(7-5-15)16(2)23(29)27-11-9-21-20(14-27)12-24-22(25-21)19-8-10-26(13-19)17(3)28/h4-7,12,16,19H,8-11,13-14H2,1-3H3/t16-,19-/m0/s1. The predicted octanol–water partition coefficient (Wildman–Crippen LogP) is 2.81. The van der Waals surface area contributed by atoms with Gasteiger partial charge in [0.1, 0.15) is 5.82 Å². The summed E-state index contributed by atoms with van der Waals surface area (Å²) < 4.78 is 0. The Balaban J connectivity index is 1.44. The van der Waals surface area contributed by atoms with Crippen LogP contribution in [0, 0.1) is 6.92 Å². The normalized spacial score (nSPS) is 19.8. The van der Waals surface area contributed by atoms with Crippen molar-refractivity contribution in [1.29, 1.82) is 0 Å². The largest absolute Gasteiger partial charge is 0.342 e. The summed E-state index contributed by atoms with van der Waals surface area (Å²) >= 11 is 0. The second-order valence-corrected chi connectivity index (χ2v) is 8.29. The lowest BCUT2D eigenvalue weighted by Crippen LogP contribution is -2.39. The van der Waals surface area contributed by atoms with Crippen LogP contribution in [0.4, 0.5) is 0 Å². The van der Waals surface area contributed by atoms with Gasteiger partial charge in [-0.25, -0.2) is 9.97 Å². The number of likely N-dealkylation sites (tertiary alicyclic amines) is 1. The molecular weight excluding hydrogens is 364 g/mol. The van der Waals surface area contributed by atoms with Crippen molar-refractivity contribution in [3.63, 3.8) is 0 Å². The highest BCUT2D eigenvalue weighted by Crippen LogP contribution is 2.27. The Morgan fingerprint density at radius 1 is 1.14 bits per heavy atom. The molecule has 2 amide bonds. The van der Waals surface area contributed by atoms with E-state index in [-0.39, 0.29) is 23.7 Å². The summed E-state index contributed by atoms with van der Waals surface area (Å²) in [6, 6.07) is 8.18. The first-order valence-electron chi connectivity index (χ1n) is 10.4. The molecule has 1 aromatic heterocycles. The van der Waals surface area contributed by atoms with Crippen LogP contribution >= 0.6 is 0 Å². The maximum atomic E-state index is 13.0. The van der Waals surface area contributed by atoms with E-state index in [1.165, 1.54) is 5.56 Å². The highest BCUT2D eigenvalue weighted by molar-refractivity contribution is 5.83. The first kappa shape index (κ1) is 19.6. The second-order valence-electron chi connectivity index (χ2n) is 8.29. The number of benzene rings is 1. The molecular formula is C23H28N4O2. The summed E-state index contributed by atoms with van der Waals surface area (Å²) in [5, 5.41) is 0. The average molecular weight is 393 g/mol. The van der Waals surface area contributed by atoms with E-state index in [1.54, 1.807) is 6.92 Å². The molecule has 4 rings (SSSR count). The lowest BCUT2D eigenvalue weighted by molar-refractivity contribution is -0.133. The first-order chi connectivity index (χ1) is 13.9. The molecule has 1 aromatic carbocycles. The Kier molecular flexibility index (Phi) is 5.35. The van der Waals surface area contributed by atoms with Crippen LogP contribution in [-0.4, -0.2) is 51.2 Å². The summed E-state index contributed by atoms with van der Waals surface area (Å²) in [5.74, 6) is 1.15. The maximum absolute atomic E-state index is 13.0. The fourth-order valence-electron chi connectivity index (χ4n) is 4.24. The van der Waals surface area contributed by atoms with Gasteiger partial charge in [-0.05, 0) is 25.8 Å². The van der Waals surface area contributed by atoms with Gasteiger partial charge in [-0.2, -0.15) is 0 Å². The van der Waals surface area contributed by atoms with Crippen molar-refractivity contribution in [2.24, 2.45) is 0 Å². The highest BCUT2D eigenvalue weighted by atomic mass is 16.2. The maximum Gasteiger partial charge on any atom is 0.230 e. The van der Waals surface area contributed by atoms with Crippen molar-refractivity contribution in [1.82, 2.24) is 19.8 Å². The molecule has 2 aromatic rings. The number of hydrogen-bond donors (Lipinski definition) is 0. The summed E-state index contributed by atoms with van der Waals surface area (Å²) in [7, 11) is 0. The van der Waals surface area contributed by atoms with Gasteiger partial charge in [-0.15, -0.1) is 0 Å². The number of amides is 2. The summed E-state index contributed by atoms with van der Waals surface area (Å²) in [6.07, 6.45) is 3.54. The molecule has 0 saturated carbocycles. The molecule has 0 unspecified atom stereocenters. The molecule has 29 heavy (non-hydrogen) atoms. The van der Waals surface area contributed by atoms with Crippen LogP contribution in [0.1, 0.15) is 60.3 Å². The second kappa shape index (κ2) is 7.93. The highest BCUT2D eigenvalue weighted by Gasteiger charge is 2.30. The van der Waals surface area contributed by atoms with Crippen molar-refractivity contribution in [2.75, 3.05) is 19.6 Å². The van der Waals surface area contributed by atoms with Crippen LogP contribution in [0.3, 0.4) is 0 Å². The number of nitrogens with zero attached hydrogens (tertiary/aromatic N) is 4. The Labute approximate surface area is 172 Å². The van der Waals surface area contributed by atoms with Gasteiger partial charge in [0.25, 0.3) is 0 Å². The fraction of sp³-hybridized carbons (Fsp3) is 0.478. The Morgan fingerprint density at radius 3 is 2.59 bits per heavy atom. The number of carbonyl (C=O) groups is 2. The molecule has 1 saturated heterocycles. The van der Waals surface area contributed by atoms with E-state index in [0.717, 1.165) is 42.0 Å². The van der Waals surface area contributed by atoms with E-state index >= 15 is 0 Å². The summed E-state index contributed by atoms with van der Waals surface area (Å²) in [6.45, 7) is 8.36. The third-order valence-corrected chi connectivity index (χ3v) is 6.21. The molecule has 0 N–H and O–H groups in total. The van der Waals surface area contributed by atoms with E-state index in [9.17, 15) is 9.59 Å². The van der Waals surface area contributed by atoms with Gasteiger partial charge in [-0.1, -0.05) is 29.8 Å². The van der Waals surface area contributed by atoms with Crippen LogP contribution < -0.4 is 0 Å². The van der Waals surface area contributed by atoms with Crippen molar-refractivity contribution in [2.45, 2.75) is 52.0 Å². The van der Waals surface area contributed by atoms with E-state index in [2.05, 4.69) is 24.0 Å². The van der Waals surface area contributed by atoms with Crippen LogP contribution in [-0.2, 0) is 22.6 Å². The molecule has 2 aliphatic heterocycles. The van der Waals surface area contributed by atoms with Gasteiger partial charge in [0, 0.05) is 57.2 Å². The van der Waals surface area contributed by atoms with Gasteiger partial charge in [-0.3, -0.25) is 9.59 Å². The van der Waals surface area contributed by atoms with Crippen LogP contribution in [0.15, 0.2) is 30.5 Å². The first-order valence-corrected chi connectivity index (χ1v) is 10.4. The fourth-order valence-corrected chi connectivity index (χ4v) is 4.24. The van der Waals surface area contributed by atoms with Crippen molar-refractivity contribution in [3.05, 3.63) is 58.7 Å². The molecule has 0 spiro atoms. The zero-order valence-corrected chi connectivity index (χ0v) is 17.4. The molecule has 2 atom stereocenters. The number of rotatable bonds is 3. The van der Waals surface area contributed by atoms with E-state index < -0.39 is 0 Å².